The van der Waals surface area contributed by atoms with Crippen LogP contribution in [0.5, 0.6) is 5.75 Å². The topological polar surface area (TPSA) is 83.6 Å². The van der Waals surface area contributed by atoms with Gasteiger partial charge in [-0.2, -0.15) is 0 Å². The summed E-state index contributed by atoms with van der Waals surface area (Å²) in [6.45, 7) is 6.20. The molecule has 3 atom stereocenters. The molecule has 2 unspecified atom stereocenters. The normalized spacial score (nSPS) is 20.2. The molecule has 2 aliphatic rings. The molecule has 1 saturated carbocycles. The average Bonchev–Trinajstić information content (AvgIpc) is 3.38. The number of nitrogens with one attached hydrogen (secondary N) is 2. The highest BCUT2D eigenvalue weighted by atomic mass is 16.5. The Labute approximate surface area is 205 Å². The molecule has 5 rings (SSSR count). The molecule has 2 N–H and O–H groups in total. The van der Waals surface area contributed by atoms with Crippen LogP contribution in [-0.2, 0) is 0 Å². The SMILES string of the molecule is CCNc1ccc(C(=O)Nc2cc(C(=O)N3CC4C(c5ccc(OC)cc5)[C@H]4C3)ccc2C)cn1. The van der Waals surface area contributed by atoms with Gasteiger partial charge in [0.25, 0.3) is 11.8 Å². The van der Waals surface area contributed by atoms with Gasteiger partial charge in [0, 0.05) is 37.1 Å². The molecule has 1 saturated heterocycles. The maximum Gasteiger partial charge on any atom is 0.257 e. The van der Waals surface area contributed by atoms with E-state index < -0.39 is 0 Å². The summed E-state index contributed by atoms with van der Waals surface area (Å²) in [4.78, 5) is 32.2. The molecule has 7 heteroatoms. The number of aryl methyl sites for hydroxylation is 1. The van der Waals surface area contributed by atoms with Gasteiger partial charge in [0.1, 0.15) is 11.6 Å². The van der Waals surface area contributed by atoms with Crippen molar-refractivity contribution in [2.45, 2.75) is 19.8 Å². The Balaban J connectivity index is 1.23. The second kappa shape index (κ2) is 9.41. The van der Waals surface area contributed by atoms with Crippen LogP contribution < -0.4 is 15.4 Å². The van der Waals surface area contributed by atoms with Crippen molar-refractivity contribution in [3.8, 4) is 5.75 Å². The van der Waals surface area contributed by atoms with Crippen molar-refractivity contribution in [3.63, 3.8) is 0 Å². The highest BCUT2D eigenvalue weighted by Gasteiger charge is 2.57. The minimum Gasteiger partial charge on any atom is -0.497 e. The van der Waals surface area contributed by atoms with Gasteiger partial charge in [-0.3, -0.25) is 9.59 Å². The molecule has 7 nitrogen and oxygen atoms in total. The number of carbonyl (C=O) groups excluding carboxylic acids is 2. The zero-order chi connectivity index (χ0) is 24.5. The fourth-order valence-corrected chi connectivity index (χ4v) is 5.09. The van der Waals surface area contributed by atoms with E-state index in [2.05, 4.69) is 27.8 Å². The number of anilines is 2. The van der Waals surface area contributed by atoms with Crippen LogP contribution in [0, 0.1) is 18.8 Å². The van der Waals surface area contributed by atoms with E-state index in [0.717, 1.165) is 36.8 Å². The van der Waals surface area contributed by atoms with Crippen LogP contribution in [0.3, 0.4) is 0 Å². The zero-order valence-corrected chi connectivity index (χ0v) is 20.2. The van der Waals surface area contributed by atoms with Crippen molar-refractivity contribution in [2.75, 3.05) is 37.4 Å². The molecule has 1 aromatic heterocycles. The van der Waals surface area contributed by atoms with E-state index >= 15 is 0 Å². The second-order valence-corrected chi connectivity index (χ2v) is 9.28. The summed E-state index contributed by atoms with van der Waals surface area (Å²) in [7, 11) is 1.67. The molecular formula is C28H30N4O3. The first-order chi connectivity index (χ1) is 17.0. The fourth-order valence-electron chi connectivity index (χ4n) is 5.09. The third-order valence-electron chi connectivity index (χ3n) is 7.10. The summed E-state index contributed by atoms with van der Waals surface area (Å²) in [6, 6.07) is 17.3. The molecule has 180 valence electrons. The molecular weight excluding hydrogens is 440 g/mol. The molecule has 0 bridgehead atoms. The number of nitrogens with zero attached hydrogens (tertiary/aromatic N) is 2. The van der Waals surface area contributed by atoms with Crippen LogP contribution >= 0.6 is 0 Å². The number of likely N-dealkylation sites (tertiary alicyclic amines) is 1. The van der Waals surface area contributed by atoms with E-state index in [1.807, 2.05) is 43.0 Å². The summed E-state index contributed by atoms with van der Waals surface area (Å²) in [5.74, 6) is 2.89. The Morgan fingerprint density at radius 3 is 2.37 bits per heavy atom. The van der Waals surface area contributed by atoms with Crippen molar-refractivity contribution < 1.29 is 14.3 Å². The van der Waals surface area contributed by atoms with Crippen molar-refractivity contribution in [3.05, 3.63) is 83.0 Å². The highest BCUT2D eigenvalue weighted by molar-refractivity contribution is 6.05. The van der Waals surface area contributed by atoms with E-state index in [-0.39, 0.29) is 11.8 Å². The first-order valence-corrected chi connectivity index (χ1v) is 12.0. The lowest BCUT2D eigenvalue weighted by molar-refractivity contribution is 0.0772. The number of pyridine rings is 1. The van der Waals surface area contributed by atoms with Crippen molar-refractivity contribution >= 4 is 23.3 Å². The minimum atomic E-state index is -0.252. The molecule has 2 amide bonds. The Bertz CT molecular complexity index is 1230. The van der Waals surface area contributed by atoms with Crippen LogP contribution in [0.2, 0.25) is 0 Å². The van der Waals surface area contributed by atoms with Crippen molar-refractivity contribution in [1.29, 1.82) is 0 Å². The molecule has 2 fully saturated rings. The summed E-state index contributed by atoms with van der Waals surface area (Å²) in [5, 5.41) is 6.05. The quantitative estimate of drug-likeness (QED) is 0.529. The molecule has 0 spiro atoms. The minimum absolute atomic E-state index is 0.0119. The number of aromatic nitrogens is 1. The van der Waals surface area contributed by atoms with Gasteiger partial charge < -0.3 is 20.3 Å². The number of fused-ring (bicyclic) bond motifs is 1. The van der Waals surface area contributed by atoms with Crippen LogP contribution in [0.4, 0.5) is 11.5 Å². The van der Waals surface area contributed by atoms with Gasteiger partial charge in [-0.25, -0.2) is 4.98 Å². The number of amides is 2. The largest absolute Gasteiger partial charge is 0.497 e. The third-order valence-corrected chi connectivity index (χ3v) is 7.10. The van der Waals surface area contributed by atoms with Gasteiger partial charge in [0.05, 0.1) is 12.7 Å². The summed E-state index contributed by atoms with van der Waals surface area (Å²) < 4.78 is 5.26. The zero-order valence-electron chi connectivity index (χ0n) is 20.2. The van der Waals surface area contributed by atoms with Gasteiger partial charge in [0.15, 0.2) is 0 Å². The predicted molar refractivity (Wildman–Crippen MR) is 136 cm³/mol. The number of hydrogen-bond acceptors (Lipinski definition) is 5. The van der Waals surface area contributed by atoms with Crippen LogP contribution in [0.15, 0.2) is 60.8 Å². The molecule has 2 aromatic carbocycles. The lowest BCUT2D eigenvalue weighted by atomic mass is 10.1. The standard InChI is InChI=1S/C28H30N4O3/c1-4-29-25-12-9-20(14-30-25)27(33)31-24-13-19(6-5-17(24)2)28(34)32-15-22-23(16-32)26(22)18-7-10-21(35-3)11-8-18/h5-14,22-23,26H,4,15-16H2,1-3H3,(H,29,30)(H,31,33)/t22-,23?,26?/m0/s1. The average molecular weight is 471 g/mol. The lowest BCUT2D eigenvalue weighted by Gasteiger charge is -2.21. The van der Waals surface area contributed by atoms with E-state index in [0.29, 0.717) is 34.6 Å². The number of benzene rings is 2. The molecule has 2 heterocycles. The number of ether oxygens (including phenoxy) is 1. The van der Waals surface area contributed by atoms with Gasteiger partial charge in [-0.15, -0.1) is 0 Å². The number of hydrogen-bond donors (Lipinski definition) is 2. The molecule has 3 aromatic rings. The Kier molecular flexibility index (Phi) is 6.16. The first-order valence-electron chi connectivity index (χ1n) is 12.0. The smallest absolute Gasteiger partial charge is 0.257 e. The summed E-state index contributed by atoms with van der Waals surface area (Å²) in [6.07, 6.45) is 1.55. The second-order valence-electron chi connectivity index (χ2n) is 9.28. The lowest BCUT2D eigenvalue weighted by Crippen LogP contribution is -2.31. The predicted octanol–water partition coefficient (Wildman–Crippen LogP) is 4.57. The number of methoxy groups -OCH3 is 1. The number of rotatable bonds is 7. The Hall–Kier alpha value is -3.87. The van der Waals surface area contributed by atoms with E-state index in [4.69, 9.17) is 4.74 Å². The first kappa shape index (κ1) is 22.9. The van der Waals surface area contributed by atoms with Gasteiger partial charge in [0.2, 0.25) is 0 Å². The number of piperidine rings is 1. The van der Waals surface area contributed by atoms with Crippen molar-refractivity contribution in [2.24, 2.45) is 11.8 Å². The monoisotopic (exact) mass is 470 g/mol. The van der Waals surface area contributed by atoms with Gasteiger partial charge in [-0.05, 0) is 79.1 Å². The third kappa shape index (κ3) is 4.58. The molecule has 0 radical (unpaired) electrons. The molecule has 1 aliphatic carbocycles. The Morgan fingerprint density at radius 1 is 1.03 bits per heavy atom. The summed E-state index contributed by atoms with van der Waals surface area (Å²) >= 11 is 0. The van der Waals surface area contributed by atoms with Crippen molar-refractivity contribution in [1.82, 2.24) is 9.88 Å². The molecule has 1 aliphatic heterocycles. The Morgan fingerprint density at radius 2 is 1.74 bits per heavy atom. The molecule has 35 heavy (non-hydrogen) atoms. The highest BCUT2D eigenvalue weighted by Crippen LogP contribution is 2.58. The maximum absolute atomic E-state index is 13.2. The fraction of sp³-hybridized carbons (Fsp3) is 0.321. The van der Waals surface area contributed by atoms with Crippen LogP contribution in [0.25, 0.3) is 0 Å². The van der Waals surface area contributed by atoms with E-state index in [1.165, 1.54) is 5.56 Å². The van der Waals surface area contributed by atoms with Crippen LogP contribution in [-0.4, -0.2) is 48.4 Å². The van der Waals surface area contributed by atoms with E-state index in [1.54, 1.807) is 31.5 Å². The summed E-state index contributed by atoms with van der Waals surface area (Å²) in [5.41, 5.74) is 3.91. The maximum atomic E-state index is 13.2. The van der Waals surface area contributed by atoms with Crippen LogP contribution in [0.1, 0.15) is 44.7 Å². The van der Waals surface area contributed by atoms with Gasteiger partial charge >= 0.3 is 0 Å². The number of carbonyl (C=O) groups is 2. The van der Waals surface area contributed by atoms with Gasteiger partial charge in [-0.1, -0.05) is 18.2 Å². The van der Waals surface area contributed by atoms with E-state index in [9.17, 15) is 9.59 Å².